The molecular weight excluding hydrogens is 712 g/mol. The molecule has 3 heterocycles. The van der Waals surface area contributed by atoms with Crippen molar-refractivity contribution in [2.75, 3.05) is 11.9 Å². The first-order chi connectivity index (χ1) is 23.1. The van der Waals surface area contributed by atoms with Gasteiger partial charge in [-0.1, -0.05) is 29.4 Å². The first-order valence-corrected chi connectivity index (χ1v) is 16.4. The molecule has 0 aliphatic rings. The van der Waals surface area contributed by atoms with Gasteiger partial charge in [0, 0.05) is 36.0 Å². The standard InChI is InChI=1S/C35H41BrN6O8/c1-33(2,3)41(10)30(44)47-19-20-11-13-21(14-12-20)24-16-26(50-40-24)27-28(37-18-25(39-27)22-15-23(36)29(43)38-17-22)42(31(45)48-34(4,5)6)32(46)49-35(7,8)9/h11-18H,19H2,1-10H3,(H,38,43). The van der Waals surface area contributed by atoms with E-state index in [0.717, 1.165) is 5.56 Å². The summed E-state index contributed by atoms with van der Waals surface area (Å²) in [4.78, 5) is 65.5. The highest BCUT2D eigenvalue weighted by atomic mass is 79.9. The number of aromatic nitrogens is 4. The molecule has 0 spiro atoms. The van der Waals surface area contributed by atoms with Crippen LogP contribution in [0.15, 0.2) is 62.6 Å². The lowest BCUT2D eigenvalue weighted by atomic mass is 10.1. The second kappa shape index (κ2) is 14.4. The van der Waals surface area contributed by atoms with Crippen LogP contribution >= 0.6 is 15.9 Å². The number of H-pyrrole nitrogens is 1. The van der Waals surface area contributed by atoms with Crippen molar-refractivity contribution in [3.8, 4) is 34.0 Å². The number of imide groups is 1. The normalized spacial score (nSPS) is 11.9. The zero-order chi connectivity index (χ0) is 37.2. The highest BCUT2D eigenvalue weighted by molar-refractivity contribution is 9.10. The lowest BCUT2D eigenvalue weighted by Crippen LogP contribution is -2.44. The van der Waals surface area contributed by atoms with Gasteiger partial charge in [0.2, 0.25) is 0 Å². The van der Waals surface area contributed by atoms with Gasteiger partial charge in [0.05, 0.1) is 16.4 Å². The average molecular weight is 754 g/mol. The molecule has 14 nitrogen and oxygen atoms in total. The topological polar surface area (TPSA) is 170 Å². The number of hydrogen-bond acceptors (Lipinski definition) is 11. The van der Waals surface area contributed by atoms with E-state index in [1.54, 1.807) is 85.0 Å². The third-order valence-corrected chi connectivity index (χ3v) is 7.50. The summed E-state index contributed by atoms with van der Waals surface area (Å²) in [5.74, 6) is -0.172. The minimum Gasteiger partial charge on any atom is -0.445 e. The van der Waals surface area contributed by atoms with Crippen molar-refractivity contribution < 1.29 is 33.1 Å². The minimum atomic E-state index is -1.05. The van der Waals surface area contributed by atoms with Crippen LogP contribution in [0.3, 0.4) is 0 Å². The fourth-order valence-electron chi connectivity index (χ4n) is 4.13. The molecule has 0 bridgehead atoms. The number of anilines is 1. The molecule has 0 unspecified atom stereocenters. The molecule has 0 fully saturated rings. The van der Waals surface area contributed by atoms with Gasteiger partial charge in [0.15, 0.2) is 17.3 Å². The quantitative estimate of drug-likeness (QED) is 0.190. The molecule has 0 atom stereocenters. The summed E-state index contributed by atoms with van der Waals surface area (Å²) >= 11 is 3.23. The Kier molecular flexibility index (Phi) is 10.9. The fraction of sp³-hybridized carbons (Fsp3) is 0.400. The summed E-state index contributed by atoms with van der Waals surface area (Å²) in [6.45, 7) is 15.7. The second-order valence-corrected chi connectivity index (χ2v) is 15.2. The summed E-state index contributed by atoms with van der Waals surface area (Å²) in [6, 6.07) is 10.3. The second-order valence-electron chi connectivity index (χ2n) is 14.3. The first kappa shape index (κ1) is 37.8. The monoisotopic (exact) mass is 752 g/mol. The van der Waals surface area contributed by atoms with E-state index in [2.05, 4.69) is 31.1 Å². The zero-order valence-corrected chi connectivity index (χ0v) is 31.3. The summed E-state index contributed by atoms with van der Waals surface area (Å²) in [5, 5.41) is 4.21. The molecule has 15 heteroatoms. The molecule has 0 aliphatic heterocycles. The van der Waals surface area contributed by atoms with Gasteiger partial charge in [-0.2, -0.15) is 4.90 Å². The maximum atomic E-state index is 13.6. The number of ether oxygens (including phenoxy) is 3. The summed E-state index contributed by atoms with van der Waals surface area (Å²) in [5.41, 5.74) is -0.137. The first-order valence-electron chi connectivity index (χ1n) is 15.6. The molecule has 0 radical (unpaired) electrons. The van der Waals surface area contributed by atoms with Gasteiger partial charge in [-0.3, -0.25) is 4.79 Å². The van der Waals surface area contributed by atoms with E-state index in [0.29, 0.717) is 21.7 Å². The number of benzene rings is 1. The number of aromatic amines is 1. The largest absolute Gasteiger partial charge is 0.445 e. The molecule has 0 saturated heterocycles. The Morgan fingerprint density at radius 1 is 0.860 bits per heavy atom. The van der Waals surface area contributed by atoms with E-state index in [1.165, 1.54) is 17.3 Å². The van der Waals surface area contributed by atoms with Gasteiger partial charge >= 0.3 is 18.3 Å². The maximum Gasteiger partial charge on any atom is 0.425 e. The van der Waals surface area contributed by atoms with E-state index in [1.807, 2.05) is 20.8 Å². The van der Waals surface area contributed by atoms with Crippen molar-refractivity contribution in [3.63, 3.8) is 0 Å². The van der Waals surface area contributed by atoms with E-state index in [4.69, 9.17) is 23.7 Å². The Balaban J connectivity index is 1.76. The van der Waals surface area contributed by atoms with Gasteiger partial charge in [-0.15, -0.1) is 0 Å². The molecule has 266 valence electrons. The number of nitrogens with zero attached hydrogens (tertiary/aromatic N) is 5. The van der Waals surface area contributed by atoms with Crippen LogP contribution in [0.1, 0.15) is 67.9 Å². The lowest BCUT2D eigenvalue weighted by Gasteiger charge is -2.30. The van der Waals surface area contributed by atoms with Crippen molar-refractivity contribution in [3.05, 3.63) is 69.2 Å². The number of pyridine rings is 1. The molecule has 50 heavy (non-hydrogen) atoms. The van der Waals surface area contributed by atoms with Gasteiger partial charge < -0.3 is 28.6 Å². The molecule has 0 aliphatic carbocycles. The van der Waals surface area contributed by atoms with E-state index >= 15 is 0 Å². The highest BCUT2D eigenvalue weighted by Crippen LogP contribution is 2.34. The van der Waals surface area contributed by atoms with Gasteiger partial charge in [-0.05, 0) is 89.9 Å². The molecular formula is C35H41BrN6O8. The number of amides is 3. The lowest BCUT2D eigenvalue weighted by molar-refractivity contribution is 0.0428. The van der Waals surface area contributed by atoms with Gasteiger partial charge in [0.25, 0.3) is 5.56 Å². The van der Waals surface area contributed by atoms with Crippen molar-refractivity contribution in [2.24, 2.45) is 0 Å². The SMILES string of the molecule is CN(C(=O)OCc1ccc(-c2cc(-c3nc(-c4c[nH]c(=O)c(Br)c4)cnc3N(C(=O)OC(C)(C)C)C(=O)OC(C)(C)C)on2)cc1)C(C)(C)C. The average Bonchev–Trinajstić information content (AvgIpc) is 3.49. The fourth-order valence-corrected chi connectivity index (χ4v) is 4.49. The van der Waals surface area contributed by atoms with Crippen LogP contribution in [0, 0.1) is 0 Å². The molecule has 3 aromatic heterocycles. The van der Waals surface area contributed by atoms with E-state index < -0.39 is 29.5 Å². The molecule has 1 N–H and O–H groups in total. The molecule has 1 aromatic carbocycles. The Hall–Kier alpha value is -5.05. The summed E-state index contributed by atoms with van der Waals surface area (Å²) in [6.07, 6.45) is 0.246. The van der Waals surface area contributed by atoms with E-state index in [9.17, 15) is 19.2 Å². The molecule has 4 aromatic rings. The third-order valence-electron chi connectivity index (χ3n) is 6.91. The van der Waals surface area contributed by atoms with Crippen molar-refractivity contribution in [1.82, 2.24) is 25.0 Å². The Morgan fingerprint density at radius 3 is 2.00 bits per heavy atom. The molecule has 3 amide bonds. The van der Waals surface area contributed by atoms with Crippen LogP contribution in [0.2, 0.25) is 0 Å². The number of carbonyl (C=O) groups is 3. The predicted molar refractivity (Wildman–Crippen MR) is 189 cm³/mol. The Morgan fingerprint density at radius 2 is 1.46 bits per heavy atom. The van der Waals surface area contributed by atoms with Gasteiger partial charge in [0.1, 0.15) is 23.5 Å². The zero-order valence-electron chi connectivity index (χ0n) is 29.7. The van der Waals surface area contributed by atoms with Crippen LogP contribution in [-0.2, 0) is 20.8 Å². The number of halogens is 1. The maximum absolute atomic E-state index is 13.6. The predicted octanol–water partition coefficient (Wildman–Crippen LogP) is 7.96. The summed E-state index contributed by atoms with van der Waals surface area (Å²) in [7, 11) is 1.68. The van der Waals surface area contributed by atoms with E-state index in [-0.39, 0.29) is 45.1 Å². The van der Waals surface area contributed by atoms with Crippen LogP contribution in [0.5, 0.6) is 0 Å². The number of nitrogens with one attached hydrogen (secondary N) is 1. The van der Waals surface area contributed by atoms with Crippen molar-refractivity contribution in [2.45, 2.75) is 85.7 Å². The smallest absolute Gasteiger partial charge is 0.425 e. The molecule has 0 saturated carbocycles. The van der Waals surface area contributed by atoms with Crippen LogP contribution in [0.25, 0.3) is 34.0 Å². The Labute approximate surface area is 298 Å². The summed E-state index contributed by atoms with van der Waals surface area (Å²) < 4.78 is 22.6. The Bertz CT molecular complexity index is 1910. The van der Waals surface area contributed by atoms with Crippen molar-refractivity contribution in [1.29, 1.82) is 0 Å². The van der Waals surface area contributed by atoms with Crippen LogP contribution in [0.4, 0.5) is 20.2 Å². The highest BCUT2D eigenvalue weighted by Gasteiger charge is 2.37. The molecule has 4 rings (SSSR count). The number of hydrogen-bond donors (Lipinski definition) is 1. The van der Waals surface area contributed by atoms with Crippen LogP contribution in [-0.4, -0.2) is 67.1 Å². The van der Waals surface area contributed by atoms with Gasteiger partial charge in [-0.25, -0.2) is 24.4 Å². The van der Waals surface area contributed by atoms with Crippen molar-refractivity contribution >= 4 is 40.0 Å². The third kappa shape index (κ3) is 9.55. The number of carbonyl (C=O) groups excluding carboxylic acids is 3. The number of rotatable bonds is 6. The minimum absolute atomic E-state index is 0.0354. The van der Waals surface area contributed by atoms with Crippen LogP contribution < -0.4 is 10.5 Å².